The van der Waals surface area contributed by atoms with Gasteiger partial charge in [-0.1, -0.05) is 0 Å². The zero-order valence-corrected chi connectivity index (χ0v) is 3.70. The van der Waals surface area contributed by atoms with Crippen LogP contribution in [0.1, 0.15) is 0 Å². The van der Waals surface area contributed by atoms with Crippen LogP contribution in [0.15, 0.2) is 5.31 Å². The second-order valence-corrected chi connectivity index (χ2v) is 2.13. The molecule has 1 unspecified atom stereocenters. The van der Waals surface area contributed by atoms with Gasteiger partial charge in [-0.15, -0.1) is 0 Å². The molecule has 0 amide bonds. The van der Waals surface area contributed by atoms with Crippen LogP contribution < -0.4 is 4.89 Å². The van der Waals surface area contributed by atoms with Crippen LogP contribution in [-0.2, 0) is 0 Å². The fourth-order valence-electron chi connectivity index (χ4n) is 0.142. The van der Waals surface area contributed by atoms with Crippen LogP contribution in [0, 0.1) is 11.3 Å². The van der Waals surface area contributed by atoms with E-state index in [-0.39, 0.29) is 0 Å². The zero-order valence-electron chi connectivity index (χ0n) is 2.80. The van der Waals surface area contributed by atoms with Gasteiger partial charge in [-0.25, -0.2) is 0 Å². The fourth-order valence-corrected chi connectivity index (χ4v) is 0.547. The third-order valence-corrected chi connectivity index (χ3v) is 1.29. The van der Waals surface area contributed by atoms with E-state index in [4.69, 9.17) is 5.26 Å². The molecule has 2 nitrogen and oxygen atoms in total. The first-order chi connectivity index (χ1) is 2.84. The summed E-state index contributed by atoms with van der Waals surface area (Å²) in [6, 6.07) is 1.71. The van der Waals surface area contributed by atoms with Gasteiger partial charge in [0, 0.05) is 0 Å². The SMILES string of the molecule is N#CC1=C=[P+]1[O-]. The second kappa shape index (κ2) is 0.929. The van der Waals surface area contributed by atoms with Gasteiger partial charge in [0.25, 0.3) is 0 Å². The van der Waals surface area contributed by atoms with E-state index >= 15 is 0 Å². The molecular weight excluding hydrogens is 97.0 g/mol. The molecule has 0 bridgehead atoms. The monoisotopic (exact) mass is 97.0 g/mol. The van der Waals surface area contributed by atoms with Gasteiger partial charge in [0.1, 0.15) is 0 Å². The van der Waals surface area contributed by atoms with Crippen molar-refractivity contribution in [1.29, 1.82) is 5.26 Å². The predicted octanol–water partition coefficient (Wildman–Crippen LogP) is -0.434. The van der Waals surface area contributed by atoms with Gasteiger partial charge in [0.2, 0.25) is 0 Å². The van der Waals surface area contributed by atoms with Crippen molar-refractivity contribution >= 4 is 13.2 Å². The van der Waals surface area contributed by atoms with Crippen LogP contribution in [0.2, 0.25) is 0 Å². The highest BCUT2D eigenvalue weighted by Gasteiger charge is 2.19. The van der Waals surface area contributed by atoms with Crippen molar-refractivity contribution in [3.8, 4) is 6.07 Å². The molecule has 1 aliphatic heterocycles. The highest BCUT2D eigenvalue weighted by Crippen LogP contribution is 2.30. The van der Waals surface area contributed by atoms with Crippen LogP contribution in [0.4, 0.5) is 0 Å². The Bertz CT molecular complexity index is 181. The Morgan fingerprint density at radius 1 is 2.00 bits per heavy atom. The number of allylic oxidation sites excluding steroid dienone is 1. The predicted molar refractivity (Wildman–Crippen MR) is 21.1 cm³/mol. The molecule has 1 atom stereocenters. The van der Waals surface area contributed by atoms with Crippen LogP contribution in [0.5, 0.6) is 0 Å². The number of nitriles is 1. The molecule has 1 aliphatic rings. The first-order valence-corrected chi connectivity index (χ1v) is 2.61. The van der Waals surface area contributed by atoms with E-state index in [0.717, 1.165) is 0 Å². The Kier molecular flexibility index (Phi) is 0.555. The van der Waals surface area contributed by atoms with E-state index in [1.807, 2.05) is 0 Å². The van der Waals surface area contributed by atoms with Crippen molar-refractivity contribution in [3.05, 3.63) is 5.31 Å². The summed E-state index contributed by atoms with van der Waals surface area (Å²) in [5.41, 5.74) is 2.35. The Morgan fingerprint density at radius 2 is 2.50 bits per heavy atom. The molecule has 0 radical (unpaired) electrons. The molecule has 0 spiro atoms. The van der Waals surface area contributed by atoms with E-state index in [2.05, 4.69) is 5.45 Å². The molecule has 6 heavy (non-hydrogen) atoms. The van der Waals surface area contributed by atoms with E-state index in [1.165, 1.54) is 0 Å². The minimum absolute atomic E-state index is 0.324. The minimum atomic E-state index is -1.38. The van der Waals surface area contributed by atoms with Gasteiger partial charge < -0.3 is 4.89 Å². The zero-order chi connectivity index (χ0) is 4.57. The molecule has 28 valence electrons. The maximum absolute atomic E-state index is 9.90. The second-order valence-electron chi connectivity index (χ2n) is 0.867. The Balaban J connectivity index is 2.61. The Hall–Kier alpha value is -0.600. The lowest BCUT2D eigenvalue weighted by Crippen LogP contribution is -1.75. The summed E-state index contributed by atoms with van der Waals surface area (Å²) in [4.78, 5) is 9.90. The van der Waals surface area contributed by atoms with E-state index in [0.29, 0.717) is 5.31 Å². The number of hydrogen-bond acceptors (Lipinski definition) is 2. The maximum atomic E-state index is 9.90. The molecule has 0 saturated heterocycles. The van der Waals surface area contributed by atoms with Crippen molar-refractivity contribution in [1.82, 2.24) is 0 Å². The molecule has 0 N–H and O–H groups in total. The van der Waals surface area contributed by atoms with Crippen LogP contribution in [-0.4, -0.2) is 5.45 Å². The quantitative estimate of drug-likeness (QED) is 0.385. The first-order valence-electron chi connectivity index (χ1n) is 1.35. The van der Waals surface area contributed by atoms with Crippen LogP contribution in [0.25, 0.3) is 0 Å². The van der Waals surface area contributed by atoms with Gasteiger partial charge in [-0.2, -0.15) is 5.26 Å². The normalized spacial score (nSPS) is 20.7. The highest BCUT2D eigenvalue weighted by atomic mass is 31.1. The lowest BCUT2D eigenvalue weighted by Gasteiger charge is -1.62. The summed E-state index contributed by atoms with van der Waals surface area (Å²) in [5, 5.41) is 8.17. The minimum Gasteiger partial charge on any atom is -0.617 e. The van der Waals surface area contributed by atoms with Crippen molar-refractivity contribution in [2.24, 2.45) is 0 Å². The topological polar surface area (TPSA) is 46.8 Å². The van der Waals surface area contributed by atoms with Crippen molar-refractivity contribution in [2.75, 3.05) is 0 Å². The molecule has 0 aromatic rings. The van der Waals surface area contributed by atoms with Gasteiger partial charge in [0.15, 0.2) is 19.3 Å². The Morgan fingerprint density at radius 3 is 2.50 bits per heavy atom. The third-order valence-electron chi connectivity index (χ3n) is 0.466. The maximum Gasteiger partial charge on any atom is 0.314 e. The number of nitrogens with zero attached hydrogens (tertiary/aromatic N) is 1. The Labute approximate surface area is 35.8 Å². The summed E-state index contributed by atoms with van der Waals surface area (Å²) in [5.74, 6) is 0. The van der Waals surface area contributed by atoms with Crippen molar-refractivity contribution in [2.45, 2.75) is 0 Å². The van der Waals surface area contributed by atoms with Crippen molar-refractivity contribution in [3.63, 3.8) is 0 Å². The molecule has 1 heterocycles. The van der Waals surface area contributed by atoms with Crippen molar-refractivity contribution < 1.29 is 4.89 Å². The summed E-state index contributed by atoms with van der Waals surface area (Å²) in [6.45, 7) is 0. The molecule has 0 fully saturated rings. The molecule has 0 saturated carbocycles. The molecule has 0 aromatic heterocycles. The summed E-state index contributed by atoms with van der Waals surface area (Å²) in [7, 11) is -1.38. The van der Waals surface area contributed by atoms with E-state index < -0.39 is 7.77 Å². The average Bonchev–Trinajstić information content (AvgIpc) is 2.19. The highest BCUT2D eigenvalue weighted by molar-refractivity contribution is 7.63. The largest absolute Gasteiger partial charge is 0.617 e. The molecule has 1 rings (SSSR count). The van der Waals surface area contributed by atoms with Gasteiger partial charge in [-0.3, -0.25) is 0 Å². The smallest absolute Gasteiger partial charge is 0.314 e. The lowest BCUT2D eigenvalue weighted by atomic mass is 10.7. The van der Waals surface area contributed by atoms with Gasteiger partial charge >= 0.3 is 5.31 Å². The van der Waals surface area contributed by atoms with Crippen LogP contribution >= 0.6 is 7.77 Å². The average molecular weight is 97.0 g/mol. The van der Waals surface area contributed by atoms with Gasteiger partial charge in [0.05, 0.1) is 0 Å². The molecule has 0 aliphatic carbocycles. The summed E-state index contributed by atoms with van der Waals surface area (Å²) < 4.78 is 0. The fraction of sp³-hybridized carbons (Fsp3) is 0. The number of hydrogen-bond donors (Lipinski definition) is 0. The summed E-state index contributed by atoms with van der Waals surface area (Å²) in [6.07, 6.45) is 0. The van der Waals surface area contributed by atoms with Crippen LogP contribution in [0.3, 0.4) is 0 Å². The summed E-state index contributed by atoms with van der Waals surface area (Å²) >= 11 is 0. The third kappa shape index (κ3) is 0.358. The van der Waals surface area contributed by atoms with Gasteiger partial charge in [-0.05, 0) is 0 Å². The molecule has 3 heteroatoms. The first kappa shape index (κ1) is 3.59. The standard InChI is InChI=1S/C3NOP/c4-1-3-2-6(3)5. The lowest BCUT2D eigenvalue weighted by molar-refractivity contribution is -0.149. The molecular formula is C3NOP. The number of rotatable bonds is 0. The van der Waals surface area contributed by atoms with E-state index in [9.17, 15) is 4.89 Å². The molecule has 0 aromatic carbocycles. The van der Waals surface area contributed by atoms with E-state index in [1.54, 1.807) is 6.07 Å².